The van der Waals surface area contributed by atoms with Gasteiger partial charge < -0.3 is 9.84 Å². The van der Waals surface area contributed by atoms with Gasteiger partial charge in [0.25, 0.3) is 5.79 Å². The van der Waals surface area contributed by atoms with Crippen molar-refractivity contribution in [3.05, 3.63) is 29.3 Å². The summed E-state index contributed by atoms with van der Waals surface area (Å²) in [6.45, 7) is 1.45. The average Bonchev–Trinajstić information content (AvgIpc) is 2.54. The van der Waals surface area contributed by atoms with E-state index in [1.807, 2.05) is 6.07 Å². The van der Waals surface area contributed by atoms with E-state index in [0.717, 1.165) is 17.4 Å². The van der Waals surface area contributed by atoms with Crippen LogP contribution >= 0.6 is 0 Å². The number of ether oxygens (including phenoxy) is 1. The Bertz CT molecular complexity index is 710. The zero-order valence-corrected chi connectivity index (χ0v) is 14.7. The summed E-state index contributed by atoms with van der Waals surface area (Å²) >= 11 is 0. The van der Waals surface area contributed by atoms with Gasteiger partial charge in [-0.2, -0.15) is 4.89 Å². The molecule has 1 aromatic carbocycles. The maximum absolute atomic E-state index is 11.6. The number of Topliss-reactive ketones (excluding diaryl/α,β-unsaturated/α-hetero) is 1. The first-order valence-electron chi connectivity index (χ1n) is 9.26. The van der Waals surface area contributed by atoms with Crippen LogP contribution in [0.4, 0.5) is 0 Å². The molecule has 0 radical (unpaired) electrons. The first kappa shape index (κ1) is 15.8. The highest BCUT2D eigenvalue weighted by molar-refractivity contribution is 5.96. The summed E-state index contributed by atoms with van der Waals surface area (Å²) in [6.07, 6.45) is 6.02. The maximum atomic E-state index is 11.6. The van der Waals surface area contributed by atoms with Crippen LogP contribution in [-0.4, -0.2) is 23.6 Å². The number of carbonyl (C=O) groups is 1. The van der Waals surface area contributed by atoms with Crippen molar-refractivity contribution in [2.75, 3.05) is 7.11 Å². The van der Waals surface area contributed by atoms with Crippen molar-refractivity contribution in [1.29, 1.82) is 0 Å². The molecule has 25 heavy (non-hydrogen) atoms. The Morgan fingerprint density at radius 1 is 1.12 bits per heavy atom. The van der Waals surface area contributed by atoms with E-state index in [-0.39, 0.29) is 11.5 Å². The Morgan fingerprint density at radius 3 is 2.20 bits per heavy atom. The predicted octanol–water partition coefficient (Wildman–Crippen LogP) is 3.55. The van der Waals surface area contributed by atoms with Gasteiger partial charge in [0.1, 0.15) is 5.75 Å². The molecule has 5 heteroatoms. The molecule has 0 amide bonds. The van der Waals surface area contributed by atoms with E-state index in [0.29, 0.717) is 17.4 Å². The van der Waals surface area contributed by atoms with Crippen LogP contribution < -0.4 is 0 Å². The topological polar surface area (TPSA) is 65.0 Å². The standard InChI is InChI=1S/C20H24O5/c1-11(21)17-4-3-14(10-18(17)22)20(23-2)19(24-25-20)15-6-12-5-13(8-15)9-16(19)7-12/h3-4,10,12-13,15-16,22H,5-9H2,1-2H3. The highest BCUT2D eigenvalue weighted by atomic mass is 17.3. The molecule has 5 fully saturated rings. The predicted molar refractivity (Wildman–Crippen MR) is 88.7 cm³/mol. The van der Waals surface area contributed by atoms with E-state index in [4.69, 9.17) is 14.5 Å². The Kier molecular flexibility index (Phi) is 3.20. The van der Waals surface area contributed by atoms with Crippen molar-refractivity contribution in [3.8, 4) is 5.75 Å². The van der Waals surface area contributed by atoms with Crippen molar-refractivity contribution in [2.24, 2.45) is 23.7 Å². The van der Waals surface area contributed by atoms with E-state index >= 15 is 0 Å². The fourth-order valence-electron chi connectivity index (χ4n) is 6.39. The van der Waals surface area contributed by atoms with Gasteiger partial charge in [0, 0.05) is 12.7 Å². The monoisotopic (exact) mass is 344 g/mol. The second kappa shape index (κ2) is 5.06. The summed E-state index contributed by atoms with van der Waals surface area (Å²) in [6, 6.07) is 5.09. The number of carbonyl (C=O) groups excluding carboxylic acids is 1. The largest absolute Gasteiger partial charge is 0.507 e. The lowest BCUT2D eigenvalue weighted by Gasteiger charge is -2.68. The number of hydrogen-bond donors (Lipinski definition) is 1. The number of aromatic hydroxyl groups is 1. The van der Waals surface area contributed by atoms with Gasteiger partial charge in [-0.25, -0.2) is 4.89 Å². The zero-order chi connectivity index (χ0) is 17.4. The molecule has 4 aliphatic carbocycles. The molecular formula is C20H24O5. The number of ketones is 1. The normalized spacial score (nSPS) is 44.1. The minimum Gasteiger partial charge on any atom is -0.507 e. The molecule has 1 atom stereocenters. The third-order valence-corrected chi connectivity index (χ3v) is 7.21. The molecule has 5 aliphatic rings. The molecule has 0 aromatic heterocycles. The zero-order valence-electron chi connectivity index (χ0n) is 14.7. The summed E-state index contributed by atoms with van der Waals surface area (Å²) in [4.78, 5) is 23.2. The lowest BCUT2D eigenvalue weighted by molar-refractivity contribution is -0.645. The van der Waals surface area contributed by atoms with Gasteiger partial charge in [-0.05, 0) is 74.8 Å². The lowest BCUT2D eigenvalue weighted by atomic mass is 9.47. The molecule has 1 aromatic rings. The molecule has 6 rings (SSSR count). The minimum absolute atomic E-state index is 0.0316. The van der Waals surface area contributed by atoms with Crippen LogP contribution in [0.1, 0.15) is 54.9 Å². The van der Waals surface area contributed by atoms with Gasteiger partial charge in [0.05, 0.1) is 5.56 Å². The summed E-state index contributed by atoms with van der Waals surface area (Å²) < 4.78 is 5.95. The Hall–Kier alpha value is -1.43. The van der Waals surface area contributed by atoms with Crippen molar-refractivity contribution < 1.29 is 24.4 Å². The summed E-state index contributed by atoms with van der Waals surface area (Å²) in [7, 11) is 1.64. The molecule has 1 saturated heterocycles. The molecule has 1 unspecified atom stereocenters. The first-order chi connectivity index (χ1) is 12.0. The van der Waals surface area contributed by atoms with E-state index in [9.17, 15) is 9.90 Å². The first-order valence-corrected chi connectivity index (χ1v) is 9.26. The molecule has 4 bridgehead atoms. The number of hydrogen-bond acceptors (Lipinski definition) is 5. The second-order valence-corrected chi connectivity index (χ2v) is 8.37. The van der Waals surface area contributed by atoms with Crippen molar-refractivity contribution in [3.63, 3.8) is 0 Å². The van der Waals surface area contributed by atoms with Gasteiger partial charge in [0.15, 0.2) is 11.4 Å². The third kappa shape index (κ3) is 1.81. The van der Waals surface area contributed by atoms with E-state index in [1.54, 1.807) is 19.2 Å². The van der Waals surface area contributed by atoms with Crippen LogP contribution in [0.2, 0.25) is 0 Å². The van der Waals surface area contributed by atoms with Gasteiger partial charge >= 0.3 is 0 Å². The number of rotatable bonds is 3. The van der Waals surface area contributed by atoms with E-state index in [1.165, 1.54) is 39.0 Å². The fourth-order valence-corrected chi connectivity index (χ4v) is 6.39. The van der Waals surface area contributed by atoms with Crippen molar-refractivity contribution in [1.82, 2.24) is 0 Å². The molecule has 4 saturated carbocycles. The van der Waals surface area contributed by atoms with E-state index in [2.05, 4.69) is 0 Å². The van der Waals surface area contributed by atoms with Crippen molar-refractivity contribution >= 4 is 5.78 Å². The summed E-state index contributed by atoms with van der Waals surface area (Å²) in [5.74, 6) is 1.27. The van der Waals surface area contributed by atoms with Crippen molar-refractivity contribution in [2.45, 2.75) is 50.4 Å². The van der Waals surface area contributed by atoms with E-state index < -0.39 is 11.4 Å². The molecular weight excluding hydrogens is 320 g/mol. The average molecular weight is 344 g/mol. The highest BCUT2D eigenvalue weighted by Gasteiger charge is 2.76. The van der Waals surface area contributed by atoms with Crippen LogP contribution in [0.15, 0.2) is 18.2 Å². The van der Waals surface area contributed by atoms with Gasteiger partial charge in [-0.3, -0.25) is 4.79 Å². The van der Waals surface area contributed by atoms with Crippen LogP contribution in [0.25, 0.3) is 0 Å². The highest BCUT2D eigenvalue weighted by Crippen LogP contribution is 2.69. The Labute approximate surface area is 147 Å². The molecule has 1 N–H and O–H groups in total. The molecule has 1 aliphatic heterocycles. The molecule has 134 valence electrons. The van der Waals surface area contributed by atoms with Crippen LogP contribution in [-0.2, 0) is 20.3 Å². The number of phenols is 1. The quantitative estimate of drug-likeness (QED) is 0.671. The smallest absolute Gasteiger partial charge is 0.260 e. The van der Waals surface area contributed by atoms with Crippen LogP contribution in [0.3, 0.4) is 0 Å². The fraction of sp³-hybridized carbons (Fsp3) is 0.650. The van der Waals surface area contributed by atoms with Gasteiger partial charge in [0.2, 0.25) is 0 Å². The molecule has 1 spiro atoms. The maximum Gasteiger partial charge on any atom is 0.260 e. The SMILES string of the molecule is COC1(c2ccc(C(C)=O)c(O)c2)OOC12C1CC3CC(C1)CC2C3. The summed E-state index contributed by atoms with van der Waals surface area (Å²) in [5.41, 5.74) is 0.574. The number of phenolic OH excluding ortho intramolecular Hbond substituents is 1. The minimum atomic E-state index is -0.998. The molecule has 5 nitrogen and oxygen atoms in total. The van der Waals surface area contributed by atoms with Gasteiger partial charge in [-0.15, -0.1) is 0 Å². The number of methoxy groups -OCH3 is 1. The summed E-state index contributed by atoms with van der Waals surface area (Å²) in [5, 5.41) is 10.3. The third-order valence-electron chi connectivity index (χ3n) is 7.21. The molecule has 1 heterocycles. The van der Waals surface area contributed by atoms with Crippen LogP contribution in [0.5, 0.6) is 5.75 Å². The Balaban J connectivity index is 1.59. The van der Waals surface area contributed by atoms with Gasteiger partial charge in [-0.1, -0.05) is 6.07 Å². The van der Waals surface area contributed by atoms with Crippen LogP contribution in [0, 0.1) is 23.7 Å². The lowest BCUT2D eigenvalue weighted by Crippen LogP contribution is -2.76. The Morgan fingerprint density at radius 2 is 1.76 bits per heavy atom. The number of benzene rings is 1. The second-order valence-electron chi connectivity index (χ2n) is 8.37.